The second-order valence-electron chi connectivity index (χ2n) is 7.05. The summed E-state index contributed by atoms with van der Waals surface area (Å²) >= 11 is 5.80. The molecule has 122 valence electrons. The number of aryl methyl sites for hydroxylation is 1. The standard InChI is InChI=1S/C17H20ClN3O2/c1-17(2,3)10-4-6-13-12(8-10)15(21-23-13)16(22)20-14-7-5-11(18)9-19-14/h5,7,9-10H,4,6,8H2,1-3H3,(H,19,20,22)/t10-/m0/s1. The van der Waals surface area contributed by atoms with E-state index >= 15 is 0 Å². The Morgan fingerprint density at radius 2 is 2.17 bits per heavy atom. The Hall–Kier alpha value is -1.88. The molecule has 0 aromatic carbocycles. The monoisotopic (exact) mass is 333 g/mol. The van der Waals surface area contributed by atoms with E-state index in [9.17, 15) is 4.79 Å². The molecule has 0 aliphatic heterocycles. The highest BCUT2D eigenvalue weighted by atomic mass is 35.5. The average molecular weight is 334 g/mol. The summed E-state index contributed by atoms with van der Waals surface area (Å²) in [5.74, 6) is 1.49. The zero-order chi connectivity index (χ0) is 16.6. The second kappa shape index (κ2) is 5.96. The van der Waals surface area contributed by atoms with Crippen LogP contribution in [0.25, 0.3) is 0 Å². The summed E-state index contributed by atoms with van der Waals surface area (Å²) in [6.07, 6.45) is 4.20. The lowest BCUT2D eigenvalue weighted by Crippen LogP contribution is -2.27. The van der Waals surface area contributed by atoms with Gasteiger partial charge in [0.25, 0.3) is 5.91 Å². The van der Waals surface area contributed by atoms with E-state index in [1.165, 1.54) is 6.20 Å². The van der Waals surface area contributed by atoms with Crippen molar-refractivity contribution in [3.8, 4) is 0 Å². The van der Waals surface area contributed by atoms with Crippen LogP contribution in [0.1, 0.15) is 49.0 Å². The summed E-state index contributed by atoms with van der Waals surface area (Å²) in [5.41, 5.74) is 1.49. The van der Waals surface area contributed by atoms with Crippen molar-refractivity contribution < 1.29 is 9.32 Å². The van der Waals surface area contributed by atoms with Crippen molar-refractivity contribution >= 4 is 23.3 Å². The van der Waals surface area contributed by atoms with Gasteiger partial charge in [-0.3, -0.25) is 4.79 Å². The van der Waals surface area contributed by atoms with E-state index in [2.05, 4.69) is 36.2 Å². The smallest absolute Gasteiger partial charge is 0.279 e. The minimum absolute atomic E-state index is 0.195. The summed E-state index contributed by atoms with van der Waals surface area (Å²) < 4.78 is 5.37. The third-order valence-corrected chi connectivity index (χ3v) is 4.67. The topological polar surface area (TPSA) is 68.0 Å². The molecule has 1 atom stereocenters. The highest BCUT2D eigenvalue weighted by Crippen LogP contribution is 2.38. The Morgan fingerprint density at radius 1 is 1.39 bits per heavy atom. The number of fused-ring (bicyclic) bond motifs is 1. The molecule has 0 radical (unpaired) electrons. The van der Waals surface area contributed by atoms with Crippen LogP contribution in [0.2, 0.25) is 5.02 Å². The van der Waals surface area contributed by atoms with E-state index in [-0.39, 0.29) is 11.3 Å². The van der Waals surface area contributed by atoms with E-state index in [0.29, 0.717) is 22.5 Å². The number of aromatic nitrogens is 2. The van der Waals surface area contributed by atoms with Crippen molar-refractivity contribution in [2.45, 2.75) is 40.0 Å². The van der Waals surface area contributed by atoms with Crippen molar-refractivity contribution in [3.05, 3.63) is 40.4 Å². The van der Waals surface area contributed by atoms with Gasteiger partial charge in [0, 0.05) is 18.2 Å². The van der Waals surface area contributed by atoms with Gasteiger partial charge in [0.2, 0.25) is 0 Å². The molecule has 2 aromatic rings. The highest BCUT2D eigenvalue weighted by molar-refractivity contribution is 6.30. The third-order valence-electron chi connectivity index (χ3n) is 4.45. The lowest BCUT2D eigenvalue weighted by Gasteiger charge is -2.33. The number of hydrogen-bond donors (Lipinski definition) is 1. The Balaban J connectivity index is 1.80. The van der Waals surface area contributed by atoms with Gasteiger partial charge in [-0.05, 0) is 36.3 Å². The molecule has 0 saturated heterocycles. The maximum atomic E-state index is 12.5. The fourth-order valence-corrected chi connectivity index (χ4v) is 3.06. The molecular weight excluding hydrogens is 314 g/mol. The Labute approximate surface area is 140 Å². The van der Waals surface area contributed by atoms with E-state index in [1.54, 1.807) is 12.1 Å². The molecule has 2 heterocycles. The largest absolute Gasteiger partial charge is 0.360 e. The first-order chi connectivity index (χ1) is 10.8. The van der Waals surface area contributed by atoms with Crippen LogP contribution in [0.4, 0.5) is 5.82 Å². The van der Waals surface area contributed by atoms with E-state index in [0.717, 1.165) is 30.6 Å². The molecule has 3 rings (SSSR count). The maximum absolute atomic E-state index is 12.5. The van der Waals surface area contributed by atoms with E-state index < -0.39 is 0 Å². The Bertz CT molecular complexity index is 716. The van der Waals surface area contributed by atoms with Crippen LogP contribution in [0.5, 0.6) is 0 Å². The number of nitrogens with zero attached hydrogens (tertiary/aromatic N) is 2. The third kappa shape index (κ3) is 3.39. The number of anilines is 1. The number of amides is 1. The molecule has 2 aromatic heterocycles. The van der Waals surface area contributed by atoms with Crippen LogP contribution >= 0.6 is 11.6 Å². The van der Waals surface area contributed by atoms with Crippen molar-refractivity contribution in [1.29, 1.82) is 0 Å². The van der Waals surface area contributed by atoms with Gasteiger partial charge in [-0.25, -0.2) is 4.98 Å². The van der Waals surface area contributed by atoms with E-state index in [1.807, 2.05) is 0 Å². The quantitative estimate of drug-likeness (QED) is 0.897. The molecule has 0 spiro atoms. The summed E-state index contributed by atoms with van der Waals surface area (Å²) in [4.78, 5) is 16.6. The fraction of sp³-hybridized carbons (Fsp3) is 0.471. The zero-order valence-electron chi connectivity index (χ0n) is 13.5. The first kappa shape index (κ1) is 16.0. The summed E-state index contributed by atoms with van der Waals surface area (Å²) in [6, 6.07) is 3.34. The van der Waals surface area contributed by atoms with Crippen LogP contribution in [0.15, 0.2) is 22.9 Å². The minimum atomic E-state index is -0.292. The molecule has 1 amide bonds. The SMILES string of the molecule is CC(C)(C)[C@H]1CCc2onc(C(=O)Nc3ccc(Cl)cn3)c2C1. The second-order valence-corrected chi connectivity index (χ2v) is 7.49. The number of carbonyl (C=O) groups is 1. The van der Waals surface area contributed by atoms with Gasteiger partial charge >= 0.3 is 0 Å². The van der Waals surface area contributed by atoms with Gasteiger partial charge in [-0.15, -0.1) is 0 Å². The number of carbonyl (C=O) groups excluding carboxylic acids is 1. The fourth-order valence-electron chi connectivity index (χ4n) is 2.95. The first-order valence-corrected chi connectivity index (χ1v) is 8.12. The van der Waals surface area contributed by atoms with Crippen molar-refractivity contribution in [2.24, 2.45) is 11.3 Å². The average Bonchev–Trinajstić information content (AvgIpc) is 2.92. The van der Waals surface area contributed by atoms with Gasteiger partial charge in [-0.2, -0.15) is 0 Å². The molecular formula is C17H20ClN3O2. The normalized spacial score (nSPS) is 17.7. The predicted molar refractivity (Wildman–Crippen MR) is 88.7 cm³/mol. The zero-order valence-corrected chi connectivity index (χ0v) is 14.3. The number of nitrogens with one attached hydrogen (secondary N) is 1. The first-order valence-electron chi connectivity index (χ1n) is 7.75. The lowest BCUT2D eigenvalue weighted by molar-refractivity contribution is 0.101. The number of rotatable bonds is 2. The molecule has 6 heteroatoms. The number of halogens is 1. The molecule has 0 unspecified atom stereocenters. The highest BCUT2D eigenvalue weighted by Gasteiger charge is 2.34. The molecule has 0 saturated carbocycles. The Kier molecular flexibility index (Phi) is 4.15. The van der Waals surface area contributed by atoms with Crippen molar-refractivity contribution in [1.82, 2.24) is 10.1 Å². The van der Waals surface area contributed by atoms with Gasteiger partial charge < -0.3 is 9.84 Å². The maximum Gasteiger partial charge on any atom is 0.279 e. The predicted octanol–water partition coefficient (Wildman–Crippen LogP) is 4.13. The number of pyridine rings is 1. The molecule has 5 nitrogen and oxygen atoms in total. The minimum Gasteiger partial charge on any atom is -0.360 e. The summed E-state index contributed by atoms with van der Waals surface area (Å²) in [6.45, 7) is 6.69. The lowest BCUT2D eigenvalue weighted by atomic mass is 9.71. The van der Waals surface area contributed by atoms with E-state index in [4.69, 9.17) is 16.1 Å². The van der Waals surface area contributed by atoms with Crippen LogP contribution < -0.4 is 5.32 Å². The van der Waals surface area contributed by atoms with Crippen LogP contribution in [-0.2, 0) is 12.8 Å². The molecule has 1 aliphatic carbocycles. The molecule has 1 N–H and O–H groups in total. The summed E-state index contributed by atoms with van der Waals surface area (Å²) in [7, 11) is 0. The molecule has 23 heavy (non-hydrogen) atoms. The molecule has 1 aliphatic rings. The van der Waals surface area contributed by atoms with Crippen LogP contribution in [0, 0.1) is 11.3 Å². The van der Waals surface area contributed by atoms with Crippen molar-refractivity contribution in [2.75, 3.05) is 5.32 Å². The van der Waals surface area contributed by atoms with Gasteiger partial charge in [0.1, 0.15) is 11.6 Å². The van der Waals surface area contributed by atoms with Crippen LogP contribution in [-0.4, -0.2) is 16.0 Å². The van der Waals surface area contributed by atoms with Gasteiger partial charge in [0.05, 0.1) is 5.02 Å². The Morgan fingerprint density at radius 3 is 2.83 bits per heavy atom. The van der Waals surface area contributed by atoms with Gasteiger partial charge in [0.15, 0.2) is 5.69 Å². The van der Waals surface area contributed by atoms with Gasteiger partial charge in [-0.1, -0.05) is 37.5 Å². The number of hydrogen-bond acceptors (Lipinski definition) is 4. The van der Waals surface area contributed by atoms with Crippen LogP contribution in [0.3, 0.4) is 0 Å². The summed E-state index contributed by atoms with van der Waals surface area (Å²) in [5, 5.41) is 7.25. The van der Waals surface area contributed by atoms with Crippen molar-refractivity contribution in [3.63, 3.8) is 0 Å². The molecule has 0 fully saturated rings. The molecule has 0 bridgehead atoms.